The molecule has 4 rings (SSSR count). The van der Waals surface area contributed by atoms with Crippen LogP contribution in [0.4, 0.5) is 0 Å². The van der Waals surface area contributed by atoms with Crippen LogP contribution >= 0.6 is 0 Å². The van der Waals surface area contributed by atoms with Crippen LogP contribution in [0.3, 0.4) is 0 Å². The van der Waals surface area contributed by atoms with Crippen molar-refractivity contribution in [1.29, 1.82) is 0 Å². The van der Waals surface area contributed by atoms with Crippen molar-refractivity contribution < 1.29 is 19.7 Å². The third-order valence-corrected chi connectivity index (χ3v) is 11.2. The predicted octanol–water partition coefficient (Wildman–Crippen LogP) is 6.29. The molecule has 2 saturated carbocycles. The fourth-order valence-corrected chi connectivity index (χ4v) is 8.09. The quantitative estimate of drug-likeness (QED) is 0.138. The van der Waals surface area contributed by atoms with Gasteiger partial charge in [-0.3, -0.25) is 16.0 Å². The third kappa shape index (κ3) is 10.5. The summed E-state index contributed by atoms with van der Waals surface area (Å²) in [5.74, 6) is 1.38. The van der Waals surface area contributed by atoms with E-state index in [-0.39, 0.29) is 42.5 Å². The van der Waals surface area contributed by atoms with Gasteiger partial charge in [0, 0.05) is 44.0 Å². The smallest absolute Gasteiger partial charge is 0.101 e. The molecule has 3 fully saturated rings. The van der Waals surface area contributed by atoms with Crippen LogP contribution in [0.5, 0.6) is 0 Å². The molecule has 1 saturated heterocycles. The first-order valence-electron chi connectivity index (χ1n) is 18.8. The molecule has 0 aromatic carbocycles. The van der Waals surface area contributed by atoms with Crippen LogP contribution in [0, 0.1) is 30.6 Å². The molecule has 45 heavy (non-hydrogen) atoms. The number of ether oxygens (including phenoxy) is 2. The molecule has 8 heteroatoms. The van der Waals surface area contributed by atoms with Crippen molar-refractivity contribution in [1.82, 2.24) is 20.5 Å². The van der Waals surface area contributed by atoms with Crippen molar-refractivity contribution in [2.45, 2.75) is 167 Å². The third-order valence-electron chi connectivity index (χ3n) is 11.2. The van der Waals surface area contributed by atoms with Gasteiger partial charge in [0.2, 0.25) is 0 Å². The molecule has 0 bridgehead atoms. The molecule has 5 N–H and O–H groups in total. The summed E-state index contributed by atoms with van der Waals surface area (Å²) >= 11 is 0. The summed E-state index contributed by atoms with van der Waals surface area (Å²) in [6.45, 7) is 12.8. The molecule has 2 aliphatic carbocycles. The fraction of sp³-hybridized carbons (Fsp3) is 0.892. The zero-order valence-corrected chi connectivity index (χ0v) is 29.5. The second-order valence-electron chi connectivity index (χ2n) is 14.8. The Bertz CT molecular complexity index is 922. The number of hydrogen-bond donors (Lipinski definition) is 5. The van der Waals surface area contributed by atoms with Crippen LogP contribution in [-0.2, 0) is 16.5 Å². The van der Waals surface area contributed by atoms with E-state index in [1.54, 1.807) is 0 Å². The lowest BCUT2D eigenvalue weighted by Gasteiger charge is -2.49. The lowest BCUT2D eigenvalue weighted by Crippen LogP contribution is -2.70. The number of aromatic nitrogens is 1. The molecule has 0 amide bonds. The maximum absolute atomic E-state index is 11.5. The zero-order chi connectivity index (χ0) is 32.3. The number of aliphatic hydroxyl groups excluding tert-OH is 2. The van der Waals surface area contributed by atoms with E-state index >= 15 is 0 Å². The van der Waals surface area contributed by atoms with E-state index in [9.17, 15) is 10.2 Å². The van der Waals surface area contributed by atoms with E-state index in [4.69, 9.17) is 9.47 Å². The molecule has 0 spiro atoms. The van der Waals surface area contributed by atoms with Crippen LogP contribution in [0.25, 0.3) is 0 Å². The number of nitrogens with one attached hydrogen (secondary N) is 3. The molecule has 8 nitrogen and oxygen atoms in total. The molecule has 0 radical (unpaired) electrons. The Morgan fingerprint density at radius 3 is 1.64 bits per heavy atom. The van der Waals surface area contributed by atoms with Gasteiger partial charge in [-0.15, -0.1) is 0 Å². The Balaban J connectivity index is 1.38. The SMILES string of the molecule is CCCCC(CC)COC1CCC(C2NC(c3cc(C)cn3C)NC(C3CCC(OCC(CC)CCCC)CC3O)N2)C(O)C1. The van der Waals surface area contributed by atoms with Crippen LogP contribution < -0.4 is 16.0 Å². The van der Waals surface area contributed by atoms with E-state index in [1.807, 2.05) is 0 Å². The molecule has 10 atom stereocenters. The fourth-order valence-electron chi connectivity index (χ4n) is 8.09. The summed E-state index contributed by atoms with van der Waals surface area (Å²) in [5.41, 5.74) is 2.41. The number of hydrogen-bond acceptors (Lipinski definition) is 7. The van der Waals surface area contributed by atoms with Gasteiger partial charge in [0.15, 0.2) is 0 Å². The second kappa shape index (κ2) is 18.5. The Morgan fingerprint density at radius 1 is 0.778 bits per heavy atom. The van der Waals surface area contributed by atoms with E-state index in [2.05, 4.69) is 74.4 Å². The minimum Gasteiger partial charge on any atom is -0.393 e. The highest BCUT2D eigenvalue weighted by molar-refractivity contribution is 5.21. The van der Waals surface area contributed by atoms with Gasteiger partial charge in [0.1, 0.15) is 6.17 Å². The van der Waals surface area contributed by atoms with Crippen molar-refractivity contribution >= 4 is 0 Å². The van der Waals surface area contributed by atoms with Gasteiger partial charge < -0.3 is 24.3 Å². The van der Waals surface area contributed by atoms with Crippen molar-refractivity contribution in [2.75, 3.05) is 13.2 Å². The molecule has 1 aromatic rings. The van der Waals surface area contributed by atoms with E-state index in [0.29, 0.717) is 24.7 Å². The van der Waals surface area contributed by atoms with Crippen LogP contribution in [-0.4, -0.2) is 64.7 Å². The van der Waals surface area contributed by atoms with Gasteiger partial charge in [0.05, 0.1) is 36.7 Å². The molecule has 10 unspecified atom stereocenters. The minimum atomic E-state index is -0.438. The minimum absolute atomic E-state index is 0.0644. The summed E-state index contributed by atoms with van der Waals surface area (Å²) in [7, 11) is 2.10. The first-order chi connectivity index (χ1) is 21.8. The van der Waals surface area contributed by atoms with Crippen LogP contribution in [0.15, 0.2) is 12.3 Å². The van der Waals surface area contributed by atoms with Crippen LogP contribution in [0.1, 0.15) is 135 Å². The van der Waals surface area contributed by atoms with Crippen molar-refractivity contribution in [3.05, 3.63) is 23.5 Å². The predicted molar refractivity (Wildman–Crippen MR) is 183 cm³/mol. The maximum Gasteiger partial charge on any atom is 0.101 e. The van der Waals surface area contributed by atoms with Crippen molar-refractivity contribution in [3.8, 4) is 0 Å². The zero-order valence-electron chi connectivity index (χ0n) is 29.5. The van der Waals surface area contributed by atoms with Gasteiger partial charge in [-0.05, 0) is 81.8 Å². The summed E-state index contributed by atoms with van der Waals surface area (Å²) in [6, 6.07) is 2.23. The number of aliphatic hydroxyl groups is 2. The van der Waals surface area contributed by atoms with E-state index < -0.39 is 12.2 Å². The average molecular weight is 633 g/mol. The Labute approximate surface area is 274 Å². The Kier molecular flexibility index (Phi) is 15.2. The van der Waals surface area contributed by atoms with Gasteiger partial charge in [0.25, 0.3) is 0 Å². The van der Waals surface area contributed by atoms with Gasteiger partial charge >= 0.3 is 0 Å². The number of nitrogens with zero attached hydrogens (tertiary/aromatic N) is 1. The summed E-state index contributed by atoms with van der Waals surface area (Å²) < 4.78 is 15.0. The Morgan fingerprint density at radius 2 is 1.27 bits per heavy atom. The number of rotatable bonds is 17. The molecular formula is C37H68N4O4. The average Bonchev–Trinajstić information content (AvgIpc) is 3.38. The topological polar surface area (TPSA) is 99.9 Å². The normalized spacial score (nSPS) is 34.1. The largest absolute Gasteiger partial charge is 0.393 e. The highest BCUT2D eigenvalue weighted by Gasteiger charge is 2.44. The van der Waals surface area contributed by atoms with E-state index in [1.165, 1.54) is 49.8 Å². The monoisotopic (exact) mass is 633 g/mol. The summed E-state index contributed by atoms with van der Waals surface area (Å²) in [4.78, 5) is 0. The molecule has 2 heterocycles. The standard InChI is InChI=1S/C37H68N4O4/c1-7-11-13-26(9-3)23-44-28-15-17-30(33(42)20-28)35-38-36(40-37(39-35)32-19-25(5)22-41(32)6)31-18-16-29(21-34(31)43)45-24-27(10-4)14-12-8-2/h19,22,26-31,33-40,42-43H,7-18,20-21,23-24H2,1-6H3. The summed E-state index contributed by atoms with van der Waals surface area (Å²) in [5, 5.41) is 34.4. The van der Waals surface area contributed by atoms with Crippen LogP contribution in [0.2, 0.25) is 0 Å². The Hall–Kier alpha value is -1.00. The number of unbranched alkanes of at least 4 members (excludes halogenated alkanes) is 2. The number of aryl methyl sites for hydroxylation is 2. The molecule has 260 valence electrons. The first kappa shape index (κ1) is 36.8. The maximum atomic E-state index is 11.5. The van der Waals surface area contributed by atoms with Gasteiger partial charge in [-0.2, -0.15) is 0 Å². The highest BCUT2D eigenvalue weighted by atomic mass is 16.5. The van der Waals surface area contributed by atoms with E-state index in [0.717, 1.165) is 51.7 Å². The van der Waals surface area contributed by atoms with Gasteiger partial charge in [-0.1, -0.05) is 66.2 Å². The molecule has 1 aliphatic heterocycles. The lowest BCUT2D eigenvalue weighted by molar-refractivity contribution is -0.0806. The lowest BCUT2D eigenvalue weighted by atomic mass is 9.79. The summed E-state index contributed by atoms with van der Waals surface area (Å²) in [6.07, 6.45) is 16.2. The van der Waals surface area contributed by atoms with Crippen molar-refractivity contribution in [3.63, 3.8) is 0 Å². The van der Waals surface area contributed by atoms with Crippen molar-refractivity contribution in [2.24, 2.45) is 30.7 Å². The highest BCUT2D eigenvalue weighted by Crippen LogP contribution is 2.35. The van der Waals surface area contributed by atoms with Gasteiger partial charge in [-0.25, -0.2) is 0 Å². The molecular weight excluding hydrogens is 564 g/mol. The molecule has 1 aromatic heterocycles. The first-order valence-corrected chi connectivity index (χ1v) is 18.8. The second-order valence-corrected chi connectivity index (χ2v) is 14.8. The molecule has 3 aliphatic rings.